The predicted molar refractivity (Wildman–Crippen MR) is 146 cm³/mol. The number of carbonyl (C=O) groups excluding carboxylic acids is 1. The van der Waals surface area contributed by atoms with Crippen LogP contribution in [0.1, 0.15) is 62.6 Å². The smallest absolute Gasteiger partial charge is 0.416 e. The number of alkyl halides is 3. The molecule has 7 nitrogen and oxygen atoms in total. The summed E-state index contributed by atoms with van der Waals surface area (Å²) in [5.74, 6) is 0.700. The first-order valence-corrected chi connectivity index (χ1v) is 14.0. The third kappa shape index (κ3) is 7.16. The van der Waals surface area contributed by atoms with Crippen molar-refractivity contribution < 1.29 is 32.0 Å². The number of likely N-dealkylation sites (tertiary alicyclic amines) is 1. The van der Waals surface area contributed by atoms with Gasteiger partial charge in [-0.3, -0.25) is 9.69 Å². The minimum atomic E-state index is -4.39. The van der Waals surface area contributed by atoms with Crippen LogP contribution in [0.4, 0.5) is 13.2 Å². The molecule has 2 aromatic carbocycles. The van der Waals surface area contributed by atoms with Gasteiger partial charge in [0.2, 0.25) is 11.7 Å². The van der Waals surface area contributed by atoms with Crippen molar-refractivity contribution in [1.29, 1.82) is 0 Å². The summed E-state index contributed by atoms with van der Waals surface area (Å²) in [6.45, 7) is 8.71. The summed E-state index contributed by atoms with van der Waals surface area (Å²) in [5.41, 5.74) is 1.04. The Labute approximate surface area is 238 Å². The monoisotopic (exact) mass is 571 g/mol. The first-order chi connectivity index (χ1) is 19.4. The number of hydrogen-bond donors (Lipinski definition) is 0. The van der Waals surface area contributed by atoms with E-state index in [0.717, 1.165) is 23.7 Å². The van der Waals surface area contributed by atoms with Crippen molar-refractivity contribution in [2.45, 2.75) is 70.2 Å². The van der Waals surface area contributed by atoms with Gasteiger partial charge in [0.05, 0.1) is 11.5 Å². The van der Waals surface area contributed by atoms with Crippen molar-refractivity contribution in [3.8, 4) is 11.4 Å². The Kier molecular flexibility index (Phi) is 8.25. The number of esters is 1. The van der Waals surface area contributed by atoms with Gasteiger partial charge >= 0.3 is 12.1 Å². The van der Waals surface area contributed by atoms with E-state index >= 15 is 0 Å². The predicted octanol–water partition coefficient (Wildman–Crippen LogP) is 6.21. The molecule has 5 rings (SSSR count). The molecule has 2 saturated heterocycles. The molecule has 0 bridgehead atoms. The van der Waals surface area contributed by atoms with Gasteiger partial charge in [-0.2, -0.15) is 18.2 Å². The van der Waals surface area contributed by atoms with Crippen LogP contribution in [0, 0.1) is 5.92 Å². The van der Waals surface area contributed by atoms with Gasteiger partial charge in [0.1, 0.15) is 5.60 Å². The van der Waals surface area contributed by atoms with E-state index < -0.39 is 22.8 Å². The van der Waals surface area contributed by atoms with Gasteiger partial charge in [0.15, 0.2) is 0 Å². The normalized spacial score (nSPS) is 18.2. The number of aromatic nitrogens is 2. The highest BCUT2D eigenvalue weighted by Crippen LogP contribution is 2.41. The Hall–Kier alpha value is -3.24. The zero-order valence-corrected chi connectivity index (χ0v) is 23.7. The molecule has 0 aliphatic carbocycles. The second kappa shape index (κ2) is 11.6. The molecule has 0 amide bonds. The summed E-state index contributed by atoms with van der Waals surface area (Å²) in [6.07, 6.45) is -2.09. The molecule has 0 unspecified atom stereocenters. The van der Waals surface area contributed by atoms with E-state index in [1.165, 1.54) is 12.1 Å². The maximum absolute atomic E-state index is 13.4. The third-order valence-electron chi connectivity index (χ3n) is 7.85. The molecule has 0 saturated carbocycles. The topological polar surface area (TPSA) is 77.7 Å². The van der Waals surface area contributed by atoms with Crippen LogP contribution in [0.25, 0.3) is 11.4 Å². The van der Waals surface area contributed by atoms with Crippen LogP contribution in [-0.2, 0) is 38.8 Å². The number of nitrogens with zero attached hydrogens (tertiary/aromatic N) is 3. The van der Waals surface area contributed by atoms with Crippen molar-refractivity contribution in [2.24, 2.45) is 5.92 Å². The maximum Gasteiger partial charge on any atom is 0.416 e. The quantitative estimate of drug-likeness (QED) is 0.298. The second-order valence-corrected chi connectivity index (χ2v) is 12.1. The zero-order valence-electron chi connectivity index (χ0n) is 23.7. The largest absolute Gasteiger partial charge is 0.460 e. The van der Waals surface area contributed by atoms with Gasteiger partial charge in [-0.05, 0) is 57.2 Å². The fourth-order valence-electron chi connectivity index (χ4n) is 5.54. The van der Waals surface area contributed by atoms with Crippen LogP contribution in [0.3, 0.4) is 0 Å². The summed E-state index contributed by atoms with van der Waals surface area (Å²) < 4.78 is 56.7. The molecule has 41 heavy (non-hydrogen) atoms. The Bertz CT molecular complexity index is 1340. The Morgan fingerprint density at radius 2 is 1.78 bits per heavy atom. The third-order valence-corrected chi connectivity index (χ3v) is 7.85. The van der Waals surface area contributed by atoms with Gasteiger partial charge in [-0.15, -0.1) is 0 Å². The number of benzene rings is 2. The SMILES string of the molecule is CC(C)(C)OC(=O)C1CN(Cc2ccc(-c3noc(CCC4(c5cccc(C(F)(F)F)c5)CCOCC4)n3)cc2)C1. The second-order valence-electron chi connectivity index (χ2n) is 12.1. The molecule has 0 spiro atoms. The van der Waals surface area contributed by atoms with Gasteiger partial charge < -0.3 is 14.0 Å². The van der Waals surface area contributed by atoms with E-state index in [2.05, 4.69) is 15.0 Å². The highest BCUT2D eigenvalue weighted by molar-refractivity contribution is 5.74. The molecule has 220 valence electrons. The molecule has 0 N–H and O–H groups in total. The van der Waals surface area contributed by atoms with Crippen molar-refractivity contribution in [3.63, 3.8) is 0 Å². The number of ether oxygens (including phenoxy) is 2. The van der Waals surface area contributed by atoms with Gasteiger partial charge in [0, 0.05) is 50.2 Å². The lowest BCUT2D eigenvalue weighted by atomic mass is 9.70. The van der Waals surface area contributed by atoms with Crippen LogP contribution in [-0.4, -0.2) is 52.9 Å². The highest BCUT2D eigenvalue weighted by Gasteiger charge is 2.38. The van der Waals surface area contributed by atoms with E-state index in [4.69, 9.17) is 14.0 Å². The molecular formula is C31H36F3N3O4. The average molecular weight is 572 g/mol. The summed E-state index contributed by atoms with van der Waals surface area (Å²) in [7, 11) is 0. The molecule has 2 fully saturated rings. The lowest BCUT2D eigenvalue weighted by Gasteiger charge is -2.38. The van der Waals surface area contributed by atoms with Crippen LogP contribution in [0.5, 0.6) is 0 Å². The minimum absolute atomic E-state index is 0.0832. The standard InChI is InChI=1S/C31H36F3N3O4/c1-29(2,3)40-28(38)23-19-37(20-23)18-21-7-9-22(10-8-21)27-35-26(41-36-27)11-12-30(13-15-39-16-14-30)24-5-4-6-25(17-24)31(32,33)34/h4-10,17,23H,11-16,18-20H2,1-3H3. The summed E-state index contributed by atoms with van der Waals surface area (Å²) in [4.78, 5) is 19.0. The number of rotatable bonds is 8. The molecule has 2 aliphatic rings. The molecular weight excluding hydrogens is 535 g/mol. The lowest BCUT2D eigenvalue weighted by molar-refractivity contribution is -0.166. The molecule has 3 aromatic rings. The Balaban J connectivity index is 1.18. The summed E-state index contributed by atoms with van der Waals surface area (Å²) in [6, 6.07) is 13.5. The van der Waals surface area contributed by atoms with Crippen molar-refractivity contribution >= 4 is 5.97 Å². The molecule has 1 aromatic heterocycles. The van der Waals surface area contributed by atoms with E-state index in [1.807, 2.05) is 45.0 Å². The van der Waals surface area contributed by atoms with Crippen LogP contribution >= 0.6 is 0 Å². The molecule has 0 atom stereocenters. The summed E-state index contributed by atoms with van der Waals surface area (Å²) >= 11 is 0. The van der Waals surface area contributed by atoms with Crippen LogP contribution in [0.15, 0.2) is 53.1 Å². The zero-order chi connectivity index (χ0) is 29.3. The van der Waals surface area contributed by atoms with E-state index in [1.54, 1.807) is 6.07 Å². The van der Waals surface area contributed by atoms with E-state index in [9.17, 15) is 18.0 Å². The first kappa shape index (κ1) is 29.3. The highest BCUT2D eigenvalue weighted by atomic mass is 19.4. The Morgan fingerprint density at radius 3 is 2.44 bits per heavy atom. The van der Waals surface area contributed by atoms with Crippen molar-refractivity contribution in [1.82, 2.24) is 15.0 Å². The Morgan fingerprint density at radius 1 is 1.07 bits per heavy atom. The fourth-order valence-corrected chi connectivity index (χ4v) is 5.54. The lowest BCUT2D eigenvalue weighted by Crippen LogP contribution is -2.51. The van der Waals surface area contributed by atoms with E-state index in [0.29, 0.717) is 69.3 Å². The molecule has 3 heterocycles. The van der Waals surface area contributed by atoms with Gasteiger partial charge in [-0.1, -0.05) is 47.6 Å². The maximum atomic E-state index is 13.4. The van der Waals surface area contributed by atoms with E-state index in [-0.39, 0.29) is 11.9 Å². The minimum Gasteiger partial charge on any atom is -0.460 e. The molecule has 2 aliphatic heterocycles. The number of aryl methyl sites for hydroxylation is 1. The van der Waals surface area contributed by atoms with Gasteiger partial charge in [-0.25, -0.2) is 0 Å². The molecule has 10 heteroatoms. The van der Waals surface area contributed by atoms with Crippen molar-refractivity contribution in [2.75, 3.05) is 26.3 Å². The van der Waals surface area contributed by atoms with Gasteiger partial charge in [0.25, 0.3) is 0 Å². The fraction of sp³-hybridized carbons (Fsp3) is 0.516. The number of carbonyl (C=O) groups is 1. The number of halogens is 3. The number of hydrogen-bond acceptors (Lipinski definition) is 7. The summed E-state index contributed by atoms with van der Waals surface area (Å²) in [5, 5.41) is 4.15. The first-order valence-electron chi connectivity index (χ1n) is 14.0. The van der Waals surface area contributed by atoms with Crippen molar-refractivity contribution in [3.05, 3.63) is 71.1 Å². The van der Waals surface area contributed by atoms with Crippen LogP contribution < -0.4 is 0 Å². The average Bonchev–Trinajstić information content (AvgIpc) is 3.38. The molecule has 0 radical (unpaired) electrons. The van der Waals surface area contributed by atoms with Crippen LogP contribution in [0.2, 0.25) is 0 Å².